The Labute approximate surface area is 237 Å². The van der Waals surface area contributed by atoms with Crippen molar-refractivity contribution in [2.24, 2.45) is 0 Å². The van der Waals surface area contributed by atoms with Gasteiger partial charge >= 0.3 is 0 Å². The lowest BCUT2D eigenvalue weighted by Crippen LogP contribution is -2.31. The number of amides is 1. The molecule has 2 heterocycles. The first-order valence-corrected chi connectivity index (χ1v) is 14.1. The summed E-state index contributed by atoms with van der Waals surface area (Å²) in [6.07, 6.45) is 0. The first-order valence-electron chi connectivity index (χ1n) is 12.8. The van der Waals surface area contributed by atoms with Gasteiger partial charge in [-0.05, 0) is 68.7 Å². The first kappa shape index (κ1) is 26.8. The average molecular weight is 560 g/mol. The summed E-state index contributed by atoms with van der Waals surface area (Å²) in [7, 11) is 0. The van der Waals surface area contributed by atoms with Crippen LogP contribution in [0.4, 0.5) is 11.6 Å². The minimum atomic E-state index is -0.482. The third-order valence-corrected chi connectivity index (χ3v) is 7.78. The van der Waals surface area contributed by atoms with Gasteiger partial charge in [0.05, 0.1) is 12.2 Å². The number of carbonyl (C=O) groups is 1. The molecule has 5 rings (SSSR count). The van der Waals surface area contributed by atoms with Crippen LogP contribution in [0.25, 0.3) is 0 Å². The van der Waals surface area contributed by atoms with Gasteiger partial charge in [0.25, 0.3) is 5.91 Å². The van der Waals surface area contributed by atoms with E-state index in [1.165, 1.54) is 11.8 Å². The molecule has 0 fully saturated rings. The standard InChI is InChI=1S/C30H30ClN5O2S/c1-5-38-23-13-11-21(12-14-23)27-26(28(37)33-25-15-10-18(2)16-19(25)3)20(4)32-29-34-30(35-36(27)29)39-17-22-8-6-7-9-24(22)31/h6-16,27H,5,17H2,1-4H3,(H,33,37)(H,32,34,35). The van der Waals surface area contributed by atoms with E-state index in [9.17, 15) is 4.79 Å². The molecule has 200 valence electrons. The number of hydrogen-bond acceptors (Lipinski definition) is 6. The zero-order chi connectivity index (χ0) is 27.5. The van der Waals surface area contributed by atoms with Crippen molar-refractivity contribution in [3.8, 4) is 5.75 Å². The molecule has 0 saturated heterocycles. The van der Waals surface area contributed by atoms with Crippen LogP contribution in [0.3, 0.4) is 0 Å². The highest BCUT2D eigenvalue weighted by Gasteiger charge is 2.34. The van der Waals surface area contributed by atoms with Gasteiger partial charge in [-0.1, -0.05) is 71.4 Å². The van der Waals surface area contributed by atoms with Gasteiger partial charge in [-0.2, -0.15) is 4.98 Å². The molecule has 0 spiro atoms. The predicted octanol–water partition coefficient (Wildman–Crippen LogP) is 7.17. The van der Waals surface area contributed by atoms with Gasteiger partial charge in [-0.25, -0.2) is 4.68 Å². The molecule has 1 aromatic heterocycles. The summed E-state index contributed by atoms with van der Waals surface area (Å²) in [5.74, 6) is 1.78. The van der Waals surface area contributed by atoms with Gasteiger partial charge in [0.2, 0.25) is 11.1 Å². The summed E-state index contributed by atoms with van der Waals surface area (Å²) < 4.78 is 7.44. The van der Waals surface area contributed by atoms with E-state index in [0.717, 1.165) is 39.4 Å². The quantitative estimate of drug-likeness (QED) is 0.223. The lowest BCUT2D eigenvalue weighted by atomic mass is 9.94. The van der Waals surface area contributed by atoms with Gasteiger partial charge in [0.15, 0.2) is 0 Å². The molecule has 0 radical (unpaired) electrons. The Hall–Kier alpha value is -3.75. The van der Waals surface area contributed by atoms with E-state index in [1.807, 2.05) is 88.4 Å². The molecule has 1 aliphatic rings. The number of aryl methyl sites for hydroxylation is 2. The van der Waals surface area contributed by atoms with Crippen molar-refractivity contribution in [3.05, 3.63) is 105 Å². The number of aromatic nitrogens is 3. The van der Waals surface area contributed by atoms with Gasteiger partial charge < -0.3 is 15.4 Å². The Balaban J connectivity index is 1.50. The number of halogens is 1. The number of thioether (sulfide) groups is 1. The zero-order valence-electron chi connectivity index (χ0n) is 22.3. The van der Waals surface area contributed by atoms with Crippen LogP contribution in [-0.2, 0) is 10.5 Å². The number of rotatable bonds is 8. The number of fused-ring (bicyclic) bond motifs is 1. The Kier molecular flexibility index (Phi) is 7.95. The number of anilines is 2. The second-order valence-corrected chi connectivity index (χ2v) is 10.7. The SMILES string of the molecule is CCOc1ccc(C2C(C(=O)Nc3ccc(C)cc3C)=C(C)Nc3nc(SCc4ccccc4Cl)nn32)cc1. The topological polar surface area (TPSA) is 81.1 Å². The molecule has 0 aliphatic carbocycles. The van der Waals surface area contributed by atoms with E-state index >= 15 is 0 Å². The number of nitrogens with one attached hydrogen (secondary N) is 2. The van der Waals surface area contributed by atoms with E-state index in [1.54, 1.807) is 4.68 Å². The fourth-order valence-corrected chi connectivity index (χ4v) is 5.72. The van der Waals surface area contributed by atoms with Crippen LogP contribution >= 0.6 is 23.4 Å². The Morgan fingerprint density at radius 2 is 1.87 bits per heavy atom. The molecular weight excluding hydrogens is 530 g/mol. The van der Waals surface area contributed by atoms with Crippen LogP contribution in [0.5, 0.6) is 5.75 Å². The van der Waals surface area contributed by atoms with Crippen molar-refractivity contribution in [2.45, 2.75) is 44.6 Å². The van der Waals surface area contributed by atoms with Gasteiger partial charge in [-0.3, -0.25) is 4.79 Å². The summed E-state index contributed by atoms with van der Waals surface area (Å²) in [5.41, 5.74) is 6.12. The predicted molar refractivity (Wildman–Crippen MR) is 158 cm³/mol. The molecule has 1 atom stereocenters. The maximum absolute atomic E-state index is 13.8. The van der Waals surface area contributed by atoms with Crippen molar-refractivity contribution in [3.63, 3.8) is 0 Å². The number of carbonyl (C=O) groups excluding carboxylic acids is 1. The zero-order valence-corrected chi connectivity index (χ0v) is 23.9. The lowest BCUT2D eigenvalue weighted by molar-refractivity contribution is -0.113. The number of hydrogen-bond donors (Lipinski definition) is 2. The molecule has 39 heavy (non-hydrogen) atoms. The van der Waals surface area contributed by atoms with Crippen LogP contribution in [0.2, 0.25) is 5.02 Å². The van der Waals surface area contributed by atoms with Gasteiger partial charge in [-0.15, -0.1) is 5.10 Å². The fraction of sp³-hybridized carbons (Fsp3) is 0.233. The van der Waals surface area contributed by atoms with E-state index in [-0.39, 0.29) is 5.91 Å². The van der Waals surface area contributed by atoms with Crippen LogP contribution in [0.1, 0.15) is 42.1 Å². The highest BCUT2D eigenvalue weighted by molar-refractivity contribution is 7.98. The molecule has 3 aromatic carbocycles. The number of nitrogens with zero attached hydrogens (tertiary/aromatic N) is 3. The van der Waals surface area contributed by atoms with Crippen molar-refractivity contribution in [1.82, 2.24) is 14.8 Å². The highest BCUT2D eigenvalue weighted by atomic mass is 35.5. The molecule has 2 N–H and O–H groups in total. The summed E-state index contributed by atoms with van der Waals surface area (Å²) in [6.45, 7) is 8.45. The van der Waals surface area contributed by atoms with Crippen LogP contribution in [0.15, 0.2) is 83.2 Å². The van der Waals surface area contributed by atoms with Gasteiger partial charge in [0.1, 0.15) is 11.8 Å². The minimum absolute atomic E-state index is 0.197. The second kappa shape index (κ2) is 11.6. The lowest BCUT2D eigenvalue weighted by Gasteiger charge is -2.29. The summed E-state index contributed by atoms with van der Waals surface area (Å²) in [6, 6.07) is 21.0. The largest absolute Gasteiger partial charge is 0.494 e. The van der Waals surface area contributed by atoms with Crippen molar-refractivity contribution >= 4 is 40.9 Å². The monoisotopic (exact) mass is 559 g/mol. The summed E-state index contributed by atoms with van der Waals surface area (Å²) in [5, 5.41) is 12.6. The molecule has 1 amide bonds. The first-order chi connectivity index (χ1) is 18.8. The molecule has 4 aromatic rings. The maximum atomic E-state index is 13.8. The van der Waals surface area contributed by atoms with E-state index in [4.69, 9.17) is 26.4 Å². The van der Waals surface area contributed by atoms with Gasteiger partial charge in [0, 0.05) is 22.2 Å². The van der Waals surface area contributed by atoms with E-state index < -0.39 is 6.04 Å². The number of ether oxygens (including phenoxy) is 1. The van der Waals surface area contributed by atoms with Crippen LogP contribution in [-0.4, -0.2) is 27.3 Å². The third kappa shape index (κ3) is 5.82. The Morgan fingerprint density at radius 3 is 2.59 bits per heavy atom. The minimum Gasteiger partial charge on any atom is -0.494 e. The number of benzene rings is 3. The van der Waals surface area contributed by atoms with Crippen LogP contribution in [0, 0.1) is 13.8 Å². The Bertz CT molecular complexity index is 1550. The third-order valence-electron chi connectivity index (χ3n) is 6.53. The van der Waals surface area contributed by atoms with Crippen molar-refractivity contribution < 1.29 is 9.53 Å². The molecule has 1 unspecified atom stereocenters. The molecule has 1 aliphatic heterocycles. The molecule has 0 saturated carbocycles. The van der Waals surface area contributed by atoms with Crippen molar-refractivity contribution in [1.29, 1.82) is 0 Å². The Morgan fingerprint density at radius 1 is 1.10 bits per heavy atom. The molecule has 7 nitrogen and oxygen atoms in total. The summed E-state index contributed by atoms with van der Waals surface area (Å²) >= 11 is 7.85. The summed E-state index contributed by atoms with van der Waals surface area (Å²) in [4.78, 5) is 18.6. The normalized spacial score (nSPS) is 14.5. The molecule has 0 bridgehead atoms. The molecule has 9 heteroatoms. The van der Waals surface area contributed by atoms with Crippen LogP contribution < -0.4 is 15.4 Å². The highest BCUT2D eigenvalue weighted by Crippen LogP contribution is 2.38. The smallest absolute Gasteiger partial charge is 0.255 e. The maximum Gasteiger partial charge on any atom is 0.255 e. The van der Waals surface area contributed by atoms with E-state index in [0.29, 0.717) is 34.1 Å². The fourth-order valence-electron chi connectivity index (χ4n) is 4.61. The number of allylic oxidation sites excluding steroid dienone is 1. The molecular formula is C30H30ClN5O2S. The second-order valence-electron chi connectivity index (χ2n) is 9.38. The van der Waals surface area contributed by atoms with E-state index in [2.05, 4.69) is 16.7 Å². The average Bonchev–Trinajstić information content (AvgIpc) is 3.32. The van der Waals surface area contributed by atoms with Crippen molar-refractivity contribution in [2.75, 3.05) is 17.2 Å².